The molecular weight excluding hydrogens is 563 g/mol. The number of hydrogen-bond donors (Lipinski definition) is 3. The average Bonchev–Trinajstić information content (AvgIpc) is 2.98. The molecule has 1 saturated heterocycles. The van der Waals surface area contributed by atoms with E-state index in [1.807, 2.05) is 30.3 Å². The molecule has 0 aliphatic carbocycles. The van der Waals surface area contributed by atoms with Crippen LogP contribution in [0.1, 0.15) is 39.1 Å². The first-order valence-electron chi connectivity index (χ1n) is 13.1. The maximum atomic E-state index is 13.5. The number of ether oxygens (including phenoxy) is 2. The van der Waals surface area contributed by atoms with E-state index in [9.17, 15) is 9.59 Å². The van der Waals surface area contributed by atoms with Gasteiger partial charge in [-0.05, 0) is 67.9 Å². The van der Waals surface area contributed by atoms with Crippen molar-refractivity contribution in [3.8, 4) is 11.5 Å². The first-order chi connectivity index (χ1) is 19.5. The zero-order valence-electron chi connectivity index (χ0n) is 22.1. The second-order valence-corrected chi connectivity index (χ2v) is 9.75. The minimum atomic E-state index is -0.415. The van der Waals surface area contributed by atoms with Gasteiger partial charge < -0.3 is 25.4 Å². The smallest absolute Gasteiger partial charge is 0.259 e. The highest BCUT2D eigenvalue weighted by Crippen LogP contribution is 2.29. The molecule has 3 aromatic carbocycles. The summed E-state index contributed by atoms with van der Waals surface area (Å²) >= 11 is 5.89. The normalized spacial score (nSPS) is 13.0. The number of hydrogen-bond acceptors (Lipinski definition) is 6. The predicted octanol–water partition coefficient (Wildman–Crippen LogP) is 6.37. The molecule has 0 bridgehead atoms. The number of anilines is 2. The van der Waals surface area contributed by atoms with Gasteiger partial charge >= 0.3 is 0 Å². The lowest BCUT2D eigenvalue weighted by atomic mass is 10.1. The first-order valence-corrected chi connectivity index (χ1v) is 13.4. The number of carbonyl (C=O) groups is 2. The number of nitrogens with one attached hydrogen (secondary N) is 3. The number of piperidine rings is 1. The number of benzene rings is 3. The summed E-state index contributed by atoms with van der Waals surface area (Å²) in [7, 11) is 0. The van der Waals surface area contributed by atoms with Crippen LogP contribution >= 0.6 is 24.0 Å². The summed E-state index contributed by atoms with van der Waals surface area (Å²) < 4.78 is 12.3. The molecule has 41 heavy (non-hydrogen) atoms. The Balaban J connectivity index is 0.00000387. The molecule has 1 fully saturated rings. The van der Waals surface area contributed by atoms with E-state index < -0.39 is 11.8 Å². The summed E-state index contributed by atoms with van der Waals surface area (Å²) in [4.78, 5) is 30.7. The number of pyridine rings is 1. The second-order valence-electron chi connectivity index (χ2n) is 9.31. The second kappa shape index (κ2) is 14.5. The molecule has 3 N–H and O–H groups in total. The van der Waals surface area contributed by atoms with Crippen LogP contribution in [0.15, 0.2) is 91.1 Å². The van der Waals surface area contributed by atoms with E-state index in [2.05, 4.69) is 20.9 Å². The van der Waals surface area contributed by atoms with Crippen molar-refractivity contribution < 1.29 is 19.1 Å². The number of carbonyl (C=O) groups excluding carboxylic acids is 2. The van der Waals surface area contributed by atoms with Crippen LogP contribution in [0.4, 0.5) is 11.5 Å². The highest BCUT2D eigenvalue weighted by atomic mass is 35.5. The molecule has 2 heterocycles. The van der Waals surface area contributed by atoms with Crippen LogP contribution in [0, 0.1) is 0 Å². The van der Waals surface area contributed by atoms with Crippen LogP contribution < -0.4 is 25.4 Å². The Morgan fingerprint density at radius 1 is 0.878 bits per heavy atom. The zero-order chi connectivity index (χ0) is 27.7. The first kappa shape index (κ1) is 29.9. The van der Waals surface area contributed by atoms with E-state index in [-0.39, 0.29) is 24.1 Å². The van der Waals surface area contributed by atoms with Crippen LogP contribution in [-0.2, 0) is 6.61 Å². The van der Waals surface area contributed by atoms with Crippen molar-refractivity contribution in [3.05, 3.63) is 113 Å². The Hall–Kier alpha value is -4.11. The fourth-order valence-electron chi connectivity index (χ4n) is 4.32. The van der Waals surface area contributed by atoms with Crippen molar-refractivity contribution in [2.45, 2.75) is 25.6 Å². The minimum Gasteiger partial charge on any atom is -0.489 e. The predicted molar refractivity (Wildman–Crippen MR) is 163 cm³/mol. The lowest BCUT2D eigenvalue weighted by Gasteiger charge is -2.25. The summed E-state index contributed by atoms with van der Waals surface area (Å²) in [6, 6.07) is 25.1. The highest BCUT2D eigenvalue weighted by Gasteiger charge is 2.21. The quantitative estimate of drug-likeness (QED) is 0.209. The lowest BCUT2D eigenvalue weighted by molar-refractivity contribution is 0.101. The molecule has 0 saturated carbocycles. The zero-order valence-corrected chi connectivity index (χ0v) is 23.7. The molecule has 212 valence electrons. The number of halogens is 2. The van der Waals surface area contributed by atoms with Gasteiger partial charge in [-0.15, -0.1) is 12.4 Å². The fourth-order valence-corrected chi connectivity index (χ4v) is 4.44. The van der Waals surface area contributed by atoms with Gasteiger partial charge in [0.05, 0.1) is 21.8 Å². The molecule has 4 aromatic rings. The monoisotopic (exact) mass is 592 g/mol. The van der Waals surface area contributed by atoms with E-state index in [0.717, 1.165) is 31.5 Å². The number of para-hydroxylation sites is 1. The number of nitrogens with zero attached hydrogens (tertiary/aromatic N) is 1. The molecule has 0 atom stereocenters. The molecular formula is C31H30Cl2N4O4. The molecule has 2 amide bonds. The molecule has 5 rings (SSSR count). The van der Waals surface area contributed by atoms with Gasteiger partial charge in [-0.1, -0.05) is 54.1 Å². The Bertz CT molecular complexity index is 1460. The van der Waals surface area contributed by atoms with Gasteiger partial charge in [-0.3, -0.25) is 9.59 Å². The van der Waals surface area contributed by atoms with Crippen molar-refractivity contribution >= 4 is 47.3 Å². The average molecular weight is 594 g/mol. The van der Waals surface area contributed by atoms with Crippen molar-refractivity contribution in [2.75, 3.05) is 23.7 Å². The topological polar surface area (TPSA) is 102 Å². The number of amides is 2. The summed E-state index contributed by atoms with van der Waals surface area (Å²) in [5, 5.41) is 9.40. The van der Waals surface area contributed by atoms with Gasteiger partial charge in [0.1, 0.15) is 30.0 Å². The molecule has 10 heteroatoms. The molecule has 1 aliphatic heterocycles. The maximum absolute atomic E-state index is 13.5. The van der Waals surface area contributed by atoms with Gasteiger partial charge in [0, 0.05) is 12.3 Å². The molecule has 0 spiro atoms. The standard InChI is InChI=1S/C31H29ClN4O4.ClH/c32-22-10-13-29(34-19-22)36-30(37)25-8-4-5-9-27(25)35-31(38)26-12-11-24(39-20-21-6-2-1-3-7-21)18-28(26)40-23-14-16-33-17-15-23;/h1-13,18-19,23,33H,14-17,20H2,(H,35,38)(H,34,36,37);1H. The van der Waals surface area contributed by atoms with Crippen LogP contribution in [0.2, 0.25) is 5.02 Å². The van der Waals surface area contributed by atoms with Crippen molar-refractivity contribution in [1.29, 1.82) is 0 Å². The Morgan fingerprint density at radius 2 is 1.61 bits per heavy atom. The third kappa shape index (κ3) is 8.20. The molecule has 0 unspecified atom stereocenters. The molecule has 0 radical (unpaired) electrons. The summed E-state index contributed by atoms with van der Waals surface area (Å²) in [6.07, 6.45) is 3.08. The molecule has 1 aromatic heterocycles. The van der Waals surface area contributed by atoms with E-state index in [0.29, 0.717) is 40.2 Å². The lowest BCUT2D eigenvalue weighted by Crippen LogP contribution is -2.34. The Morgan fingerprint density at radius 3 is 2.37 bits per heavy atom. The van der Waals surface area contributed by atoms with Crippen molar-refractivity contribution in [2.24, 2.45) is 0 Å². The molecule has 8 nitrogen and oxygen atoms in total. The van der Waals surface area contributed by atoms with Gasteiger partial charge in [-0.25, -0.2) is 4.98 Å². The number of aromatic nitrogens is 1. The third-order valence-corrected chi connectivity index (χ3v) is 6.64. The van der Waals surface area contributed by atoms with Crippen LogP contribution in [-0.4, -0.2) is 36.0 Å². The number of rotatable bonds is 9. The van der Waals surface area contributed by atoms with Crippen molar-refractivity contribution in [3.63, 3.8) is 0 Å². The Kier molecular flexibility index (Phi) is 10.6. The SMILES string of the molecule is Cl.O=C(Nc1ccc(Cl)cn1)c1ccccc1NC(=O)c1ccc(OCc2ccccc2)cc1OC1CCNCC1. The minimum absolute atomic E-state index is 0. The third-order valence-electron chi connectivity index (χ3n) is 6.41. The van der Waals surface area contributed by atoms with E-state index in [1.165, 1.54) is 6.20 Å². The summed E-state index contributed by atoms with van der Waals surface area (Å²) in [6.45, 7) is 2.09. The maximum Gasteiger partial charge on any atom is 0.259 e. The van der Waals surface area contributed by atoms with Gasteiger partial charge in [0.2, 0.25) is 0 Å². The largest absolute Gasteiger partial charge is 0.489 e. The van der Waals surface area contributed by atoms with E-state index in [1.54, 1.807) is 54.6 Å². The van der Waals surface area contributed by atoms with Crippen LogP contribution in [0.3, 0.4) is 0 Å². The van der Waals surface area contributed by atoms with Crippen molar-refractivity contribution in [1.82, 2.24) is 10.3 Å². The van der Waals surface area contributed by atoms with E-state index in [4.69, 9.17) is 21.1 Å². The van der Waals surface area contributed by atoms with E-state index >= 15 is 0 Å². The van der Waals surface area contributed by atoms with Gasteiger partial charge in [0.15, 0.2) is 0 Å². The van der Waals surface area contributed by atoms with Crippen LogP contribution in [0.25, 0.3) is 0 Å². The van der Waals surface area contributed by atoms with Gasteiger partial charge in [0.25, 0.3) is 11.8 Å². The fraction of sp³-hybridized carbons (Fsp3) is 0.194. The summed E-state index contributed by atoms with van der Waals surface area (Å²) in [5.74, 6) is 0.561. The Labute approximate surface area is 249 Å². The van der Waals surface area contributed by atoms with Gasteiger partial charge in [-0.2, -0.15) is 0 Å². The molecule has 1 aliphatic rings. The summed E-state index contributed by atoms with van der Waals surface area (Å²) in [5.41, 5.74) is 2.03. The highest BCUT2D eigenvalue weighted by molar-refractivity contribution is 6.30. The van der Waals surface area contributed by atoms with Crippen LogP contribution in [0.5, 0.6) is 11.5 Å².